The molecule has 20 heavy (non-hydrogen) atoms. The zero-order valence-electron chi connectivity index (χ0n) is 10.1. The molecule has 0 radical (unpaired) electrons. The quantitative estimate of drug-likeness (QED) is 0.786. The van der Waals surface area contributed by atoms with Crippen LogP contribution in [0, 0.1) is 5.82 Å². The average Bonchev–Trinajstić information content (AvgIpc) is 2.38. The maximum atomic E-state index is 13.7. The third-order valence-electron chi connectivity index (χ3n) is 2.89. The number of benzene rings is 2. The molecule has 0 amide bonds. The summed E-state index contributed by atoms with van der Waals surface area (Å²) >= 11 is 3.24. The molecule has 0 aliphatic heterocycles. The first-order chi connectivity index (χ1) is 9.29. The number of hydrogen-bond acceptors (Lipinski definition) is 1. The van der Waals surface area contributed by atoms with Crippen molar-refractivity contribution in [1.82, 2.24) is 0 Å². The average molecular weight is 348 g/mol. The predicted molar refractivity (Wildman–Crippen MR) is 71.6 cm³/mol. The molecule has 1 atom stereocenters. The van der Waals surface area contributed by atoms with Crippen molar-refractivity contribution in [2.45, 2.75) is 12.2 Å². The molecule has 2 aromatic carbocycles. The summed E-state index contributed by atoms with van der Waals surface area (Å²) in [5.74, 6) is -0.756. The van der Waals surface area contributed by atoms with Gasteiger partial charge in [-0.15, -0.1) is 0 Å². The van der Waals surface area contributed by atoms with Gasteiger partial charge in [0.15, 0.2) is 0 Å². The Morgan fingerprint density at radius 1 is 1.00 bits per heavy atom. The molecule has 1 unspecified atom stereocenters. The molecule has 0 bridgehead atoms. The monoisotopic (exact) mass is 347 g/mol. The first-order valence-corrected chi connectivity index (χ1v) is 6.46. The number of halogens is 5. The fraction of sp³-hybridized carbons (Fsp3) is 0.143. The molecule has 1 nitrogen and oxygen atoms in total. The zero-order chi connectivity index (χ0) is 14.9. The molecule has 106 valence electrons. The van der Waals surface area contributed by atoms with Gasteiger partial charge in [-0.05, 0) is 35.9 Å². The maximum Gasteiger partial charge on any atom is 0.416 e. The molecule has 0 aromatic heterocycles. The fourth-order valence-electron chi connectivity index (χ4n) is 1.81. The molecule has 2 aromatic rings. The summed E-state index contributed by atoms with van der Waals surface area (Å²) in [6, 6.07) is 7.95. The Morgan fingerprint density at radius 3 is 2.15 bits per heavy atom. The molecule has 0 saturated heterocycles. The smallest absolute Gasteiger partial charge is 0.320 e. The van der Waals surface area contributed by atoms with Crippen molar-refractivity contribution in [3.8, 4) is 0 Å². The van der Waals surface area contributed by atoms with Crippen LogP contribution in [0.5, 0.6) is 0 Å². The highest BCUT2D eigenvalue weighted by Crippen LogP contribution is 2.32. The molecule has 0 fully saturated rings. The second kappa shape index (κ2) is 5.54. The van der Waals surface area contributed by atoms with E-state index in [0.717, 1.165) is 16.6 Å². The molecular formula is C14H10BrF4N. The highest BCUT2D eigenvalue weighted by molar-refractivity contribution is 9.10. The summed E-state index contributed by atoms with van der Waals surface area (Å²) in [6.07, 6.45) is -4.53. The molecule has 2 rings (SSSR count). The zero-order valence-corrected chi connectivity index (χ0v) is 11.7. The summed E-state index contributed by atoms with van der Waals surface area (Å²) in [7, 11) is 0. The minimum Gasteiger partial charge on any atom is -0.320 e. The van der Waals surface area contributed by atoms with Crippen molar-refractivity contribution in [2.24, 2.45) is 5.73 Å². The second-order valence-electron chi connectivity index (χ2n) is 4.26. The number of nitrogens with two attached hydrogens (primary N) is 1. The van der Waals surface area contributed by atoms with E-state index in [0.29, 0.717) is 11.6 Å². The van der Waals surface area contributed by atoms with E-state index in [1.54, 1.807) is 24.3 Å². The minimum atomic E-state index is -4.53. The van der Waals surface area contributed by atoms with E-state index in [2.05, 4.69) is 15.9 Å². The molecular weight excluding hydrogens is 338 g/mol. The van der Waals surface area contributed by atoms with Gasteiger partial charge in [0.05, 0.1) is 11.6 Å². The van der Waals surface area contributed by atoms with E-state index in [1.165, 1.54) is 0 Å². The summed E-state index contributed by atoms with van der Waals surface area (Å²) in [4.78, 5) is 0. The van der Waals surface area contributed by atoms with Crippen molar-refractivity contribution in [3.63, 3.8) is 0 Å². The van der Waals surface area contributed by atoms with Crippen LogP contribution in [0.25, 0.3) is 0 Å². The van der Waals surface area contributed by atoms with E-state index in [4.69, 9.17) is 5.73 Å². The Balaban J connectivity index is 2.43. The molecule has 2 N–H and O–H groups in total. The molecule has 0 spiro atoms. The summed E-state index contributed by atoms with van der Waals surface area (Å²) < 4.78 is 52.5. The van der Waals surface area contributed by atoms with Crippen molar-refractivity contribution in [1.29, 1.82) is 0 Å². The summed E-state index contributed by atoms with van der Waals surface area (Å²) in [5.41, 5.74) is 5.30. The summed E-state index contributed by atoms with van der Waals surface area (Å²) in [5, 5.41) is 0. The Labute approximate surface area is 121 Å². The van der Waals surface area contributed by atoms with Gasteiger partial charge in [0.25, 0.3) is 0 Å². The van der Waals surface area contributed by atoms with Crippen molar-refractivity contribution in [3.05, 3.63) is 69.4 Å². The third-order valence-corrected chi connectivity index (χ3v) is 3.42. The largest absolute Gasteiger partial charge is 0.416 e. The maximum absolute atomic E-state index is 13.7. The lowest BCUT2D eigenvalue weighted by molar-refractivity contribution is -0.137. The van der Waals surface area contributed by atoms with Gasteiger partial charge in [-0.2, -0.15) is 13.2 Å². The normalized spacial score (nSPS) is 13.3. The van der Waals surface area contributed by atoms with Crippen LogP contribution >= 0.6 is 15.9 Å². The Morgan fingerprint density at radius 2 is 1.60 bits per heavy atom. The topological polar surface area (TPSA) is 26.0 Å². The van der Waals surface area contributed by atoms with Crippen LogP contribution in [0.4, 0.5) is 17.6 Å². The van der Waals surface area contributed by atoms with E-state index < -0.39 is 23.6 Å². The van der Waals surface area contributed by atoms with Crippen LogP contribution in [0.1, 0.15) is 22.7 Å². The van der Waals surface area contributed by atoms with Crippen LogP contribution in [0.15, 0.2) is 46.9 Å². The van der Waals surface area contributed by atoms with E-state index >= 15 is 0 Å². The van der Waals surface area contributed by atoms with Gasteiger partial charge in [-0.25, -0.2) is 4.39 Å². The second-order valence-corrected chi connectivity index (χ2v) is 5.18. The van der Waals surface area contributed by atoms with Gasteiger partial charge in [0.1, 0.15) is 5.82 Å². The standard InChI is InChI=1S/C14H10BrF4N/c15-10-4-1-8(2-5-10)13(20)11-7-9(14(17,18)19)3-6-12(11)16/h1-7,13H,20H2. The molecule has 6 heteroatoms. The Kier molecular flexibility index (Phi) is 4.15. The molecule has 0 saturated carbocycles. The molecule has 0 aliphatic rings. The molecule has 0 aliphatic carbocycles. The Bertz CT molecular complexity index is 608. The van der Waals surface area contributed by atoms with Crippen LogP contribution < -0.4 is 5.73 Å². The van der Waals surface area contributed by atoms with Gasteiger partial charge >= 0.3 is 6.18 Å². The van der Waals surface area contributed by atoms with Gasteiger partial charge in [-0.3, -0.25) is 0 Å². The highest BCUT2D eigenvalue weighted by Gasteiger charge is 2.31. The number of alkyl halides is 3. The van der Waals surface area contributed by atoms with Gasteiger partial charge in [0, 0.05) is 10.0 Å². The lowest BCUT2D eigenvalue weighted by Gasteiger charge is -2.16. The number of hydrogen-bond donors (Lipinski definition) is 1. The van der Waals surface area contributed by atoms with Crippen LogP contribution in [0.2, 0.25) is 0 Å². The van der Waals surface area contributed by atoms with Crippen molar-refractivity contribution < 1.29 is 17.6 Å². The van der Waals surface area contributed by atoms with Gasteiger partial charge in [-0.1, -0.05) is 28.1 Å². The third kappa shape index (κ3) is 3.19. The Hall–Kier alpha value is -1.40. The SMILES string of the molecule is NC(c1ccc(Br)cc1)c1cc(C(F)(F)F)ccc1F. The van der Waals surface area contributed by atoms with Crippen LogP contribution in [-0.4, -0.2) is 0 Å². The first-order valence-electron chi connectivity index (χ1n) is 5.66. The van der Waals surface area contributed by atoms with Crippen LogP contribution in [0.3, 0.4) is 0 Å². The summed E-state index contributed by atoms with van der Waals surface area (Å²) in [6.45, 7) is 0. The van der Waals surface area contributed by atoms with Crippen LogP contribution in [-0.2, 0) is 6.18 Å². The van der Waals surface area contributed by atoms with E-state index in [9.17, 15) is 17.6 Å². The highest BCUT2D eigenvalue weighted by atomic mass is 79.9. The van der Waals surface area contributed by atoms with Gasteiger partial charge < -0.3 is 5.73 Å². The fourth-order valence-corrected chi connectivity index (χ4v) is 2.07. The van der Waals surface area contributed by atoms with E-state index in [1.807, 2.05) is 0 Å². The first kappa shape index (κ1) is 15.0. The molecule has 0 heterocycles. The lowest BCUT2D eigenvalue weighted by atomic mass is 9.97. The van der Waals surface area contributed by atoms with Crippen molar-refractivity contribution >= 4 is 15.9 Å². The predicted octanol–water partition coefficient (Wildman–Crippen LogP) is 4.66. The van der Waals surface area contributed by atoms with E-state index in [-0.39, 0.29) is 5.56 Å². The minimum absolute atomic E-state index is 0.179. The lowest BCUT2D eigenvalue weighted by Crippen LogP contribution is -2.15. The van der Waals surface area contributed by atoms with Gasteiger partial charge in [0.2, 0.25) is 0 Å². The van der Waals surface area contributed by atoms with Crippen molar-refractivity contribution in [2.75, 3.05) is 0 Å². The number of rotatable bonds is 2.